The minimum absolute atomic E-state index is 0.245. The van der Waals surface area contributed by atoms with Crippen LogP contribution < -0.4 is 15.2 Å². The standard InChI is InChI=1S/C12H13N3O3/c1-17-7-3-4-11(18-2)8(5-7)9-6-10(12(13)16)15-14-9/h3-6H,1-2H3,(H2,13,16)(H,14,15). The number of rotatable bonds is 4. The van der Waals surface area contributed by atoms with Crippen molar-refractivity contribution in [3.05, 3.63) is 30.0 Å². The Labute approximate surface area is 104 Å². The summed E-state index contributed by atoms with van der Waals surface area (Å²) >= 11 is 0. The summed E-state index contributed by atoms with van der Waals surface area (Å²) in [6, 6.07) is 6.90. The van der Waals surface area contributed by atoms with Crippen molar-refractivity contribution < 1.29 is 14.3 Å². The number of nitrogens with zero attached hydrogens (tertiary/aromatic N) is 1. The molecule has 94 valence electrons. The number of ether oxygens (including phenoxy) is 2. The number of primary amides is 1. The monoisotopic (exact) mass is 247 g/mol. The van der Waals surface area contributed by atoms with E-state index in [0.29, 0.717) is 17.2 Å². The fourth-order valence-corrected chi connectivity index (χ4v) is 1.60. The first-order valence-corrected chi connectivity index (χ1v) is 5.23. The first-order valence-electron chi connectivity index (χ1n) is 5.23. The molecule has 0 aliphatic carbocycles. The summed E-state index contributed by atoms with van der Waals surface area (Å²) in [4.78, 5) is 11.0. The van der Waals surface area contributed by atoms with Gasteiger partial charge in [0.2, 0.25) is 0 Å². The van der Waals surface area contributed by atoms with Gasteiger partial charge < -0.3 is 15.2 Å². The lowest BCUT2D eigenvalue weighted by molar-refractivity contribution is 0.0995. The van der Waals surface area contributed by atoms with Gasteiger partial charge >= 0.3 is 0 Å². The second-order valence-electron chi connectivity index (χ2n) is 3.60. The fourth-order valence-electron chi connectivity index (χ4n) is 1.60. The summed E-state index contributed by atoms with van der Waals surface area (Å²) < 4.78 is 10.4. The average molecular weight is 247 g/mol. The molecule has 0 aliphatic rings. The van der Waals surface area contributed by atoms with Crippen molar-refractivity contribution in [3.8, 4) is 22.8 Å². The maximum atomic E-state index is 11.0. The lowest BCUT2D eigenvalue weighted by atomic mass is 10.1. The third-order valence-electron chi connectivity index (χ3n) is 2.53. The van der Waals surface area contributed by atoms with Crippen molar-refractivity contribution in [2.45, 2.75) is 0 Å². The van der Waals surface area contributed by atoms with Crippen molar-refractivity contribution in [2.75, 3.05) is 14.2 Å². The molecule has 0 saturated carbocycles. The van der Waals surface area contributed by atoms with Crippen molar-refractivity contribution >= 4 is 5.91 Å². The minimum Gasteiger partial charge on any atom is -0.497 e. The lowest BCUT2D eigenvalue weighted by Gasteiger charge is -2.08. The molecule has 2 aromatic rings. The molecule has 0 aliphatic heterocycles. The summed E-state index contributed by atoms with van der Waals surface area (Å²) in [5.74, 6) is 0.753. The number of H-pyrrole nitrogens is 1. The first kappa shape index (κ1) is 12.0. The largest absolute Gasteiger partial charge is 0.497 e. The van der Waals surface area contributed by atoms with Crippen LogP contribution in [0.25, 0.3) is 11.3 Å². The van der Waals surface area contributed by atoms with E-state index in [1.54, 1.807) is 38.5 Å². The van der Waals surface area contributed by atoms with Gasteiger partial charge in [-0.25, -0.2) is 0 Å². The Hall–Kier alpha value is -2.50. The zero-order valence-electron chi connectivity index (χ0n) is 10.1. The Balaban J connectivity index is 2.50. The summed E-state index contributed by atoms with van der Waals surface area (Å²) in [6.07, 6.45) is 0. The number of carbonyl (C=O) groups excluding carboxylic acids is 1. The summed E-state index contributed by atoms with van der Waals surface area (Å²) in [7, 11) is 3.14. The predicted molar refractivity (Wildman–Crippen MR) is 65.6 cm³/mol. The molecule has 18 heavy (non-hydrogen) atoms. The van der Waals surface area contributed by atoms with Gasteiger partial charge in [0.1, 0.15) is 17.2 Å². The average Bonchev–Trinajstić information content (AvgIpc) is 2.87. The number of benzene rings is 1. The van der Waals surface area contributed by atoms with Crippen LogP contribution in [0.15, 0.2) is 24.3 Å². The molecular formula is C12H13N3O3. The Morgan fingerprint density at radius 1 is 1.28 bits per heavy atom. The van der Waals surface area contributed by atoms with E-state index in [-0.39, 0.29) is 5.69 Å². The molecule has 0 bridgehead atoms. The van der Waals surface area contributed by atoms with E-state index in [2.05, 4.69) is 10.2 Å². The highest BCUT2D eigenvalue weighted by molar-refractivity contribution is 5.92. The Kier molecular flexibility index (Phi) is 3.18. The van der Waals surface area contributed by atoms with Crippen LogP contribution >= 0.6 is 0 Å². The second-order valence-corrected chi connectivity index (χ2v) is 3.60. The number of hydrogen-bond acceptors (Lipinski definition) is 4. The third kappa shape index (κ3) is 2.13. The zero-order valence-corrected chi connectivity index (χ0v) is 10.1. The van der Waals surface area contributed by atoms with Crippen LogP contribution in [0.4, 0.5) is 0 Å². The van der Waals surface area contributed by atoms with E-state index in [4.69, 9.17) is 15.2 Å². The Bertz CT molecular complexity index is 578. The van der Waals surface area contributed by atoms with Gasteiger partial charge in [-0.1, -0.05) is 0 Å². The molecule has 6 heteroatoms. The fraction of sp³-hybridized carbons (Fsp3) is 0.167. The van der Waals surface area contributed by atoms with Gasteiger partial charge in [0.25, 0.3) is 5.91 Å². The van der Waals surface area contributed by atoms with E-state index in [1.807, 2.05) is 0 Å². The van der Waals surface area contributed by atoms with E-state index in [0.717, 1.165) is 5.56 Å². The smallest absolute Gasteiger partial charge is 0.266 e. The highest BCUT2D eigenvalue weighted by atomic mass is 16.5. The van der Waals surface area contributed by atoms with Gasteiger partial charge in [-0.2, -0.15) is 5.10 Å². The van der Waals surface area contributed by atoms with Crippen LogP contribution in [0.3, 0.4) is 0 Å². The molecule has 0 saturated heterocycles. The number of nitrogens with one attached hydrogen (secondary N) is 1. The number of carbonyl (C=O) groups is 1. The van der Waals surface area contributed by atoms with Crippen LogP contribution in [0.2, 0.25) is 0 Å². The quantitative estimate of drug-likeness (QED) is 0.849. The van der Waals surface area contributed by atoms with Crippen LogP contribution in [0.1, 0.15) is 10.5 Å². The van der Waals surface area contributed by atoms with E-state index < -0.39 is 5.91 Å². The Morgan fingerprint density at radius 3 is 2.61 bits per heavy atom. The van der Waals surface area contributed by atoms with E-state index >= 15 is 0 Å². The molecule has 1 aromatic heterocycles. The molecule has 0 unspecified atom stereocenters. The molecule has 0 spiro atoms. The third-order valence-corrected chi connectivity index (χ3v) is 2.53. The Morgan fingerprint density at radius 2 is 2.06 bits per heavy atom. The predicted octanol–water partition coefficient (Wildman–Crippen LogP) is 1.19. The molecular weight excluding hydrogens is 234 g/mol. The molecule has 0 fully saturated rings. The molecule has 1 heterocycles. The van der Waals surface area contributed by atoms with Crippen LogP contribution in [0.5, 0.6) is 11.5 Å². The number of methoxy groups -OCH3 is 2. The number of aromatic nitrogens is 2. The number of hydrogen-bond donors (Lipinski definition) is 2. The molecule has 1 aromatic carbocycles. The molecule has 0 radical (unpaired) electrons. The maximum absolute atomic E-state index is 11.0. The van der Waals surface area contributed by atoms with Gasteiger partial charge in [-0.05, 0) is 24.3 Å². The van der Waals surface area contributed by atoms with Crippen molar-refractivity contribution in [1.82, 2.24) is 10.2 Å². The lowest BCUT2D eigenvalue weighted by Crippen LogP contribution is -2.10. The van der Waals surface area contributed by atoms with Crippen molar-refractivity contribution in [2.24, 2.45) is 5.73 Å². The van der Waals surface area contributed by atoms with Gasteiger partial charge in [0.15, 0.2) is 0 Å². The second kappa shape index (κ2) is 4.79. The van der Waals surface area contributed by atoms with Crippen LogP contribution in [-0.4, -0.2) is 30.3 Å². The summed E-state index contributed by atoms with van der Waals surface area (Å²) in [5, 5.41) is 6.60. The van der Waals surface area contributed by atoms with E-state index in [1.165, 1.54) is 0 Å². The normalized spacial score (nSPS) is 10.1. The maximum Gasteiger partial charge on any atom is 0.266 e. The number of nitrogens with two attached hydrogens (primary N) is 1. The highest BCUT2D eigenvalue weighted by Crippen LogP contribution is 2.32. The van der Waals surface area contributed by atoms with Gasteiger partial charge in [0.05, 0.1) is 19.9 Å². The minimum atomic E-state index is -0.560. The van der Waals surface area contributed by atoms with Crippen LogP contribution in [-0.2, 0) is 0 Å². The molecule has 3 N–H and O–H groups in total. The van der Waals surface area contributed by atoms with E-state index in [9.17, 15) is 4.79 Å². The first-order chi connectivity index (χ1) is 8.65. The number of amides is 1. The molecule has 6 nitrogen and oxygen atoms in total. The van der Waals surface area contributed by atoms with Gasteiger partial charge in [-0.15, -0.1) is 0 Å². The molecule has 0 atom stereocenters. The summed E-state index contributed by atoms with van der Waals surface area (Å²) in [6.45, 7) is 0. The van der Waals surface area contributed by atoms with Crippen molar-refractivity contribution in [3.63, 3.8) is 0 Å². The summed E-state index contributed by atoms with van der Waals surface area (Å²) in [5.41, 5.74) is 6.70. The van der Waals surface area contributed by atoms with Crippen molar-refractivity contribution in [1.29, 1.82) is 0 Å². The topological polar surface area (TPSA) is 90.2 Å². The van der Waals surface area contributed by atoms with Gasteiger partial charge in [-0.3, -0.25) is 9.89 Å². The van der Waals surface area contributed by atoms with Crippen LogP contribution in [0, 0.1) is 0 Å². The SMILES string of the molecule is COc1ccc(OC)c(-c2cc(C(N)=O)[nH]n2)c1. The highest BCUT2D eigenvalue weighted by Gasteiger charge is 2.13. The van der Waals surface area contributed by atoms with Gasteiger partial charge in [0, 0.05) is 5.56 Å². The molecule has 1 amide bonds. The zero-order chi connectivity index (χ0) is 13.1. The molecule has 2 rings (SSSR count). The number of aromatic amines is 1.